The first kappa shape index (κ1) is 20.9. The van der Waals surface area contributed by atoms with E-state index in [1.54, 1.807) is 24.4 Å². The topological polar surface area (TPSA) is 71.5 Å². The Morgan fingerprint density at radius 2 is 1.87 bits per heavy atom. The number of benzene rings is 2. The molecule has 0 atom stereocenters. The summed E-state index contributed by atoms with van der Waals surface area (Å²) < 4.78 is 18.3. The number of Topliss-reactive ketones (excluding diaryl/α,β-unsaturated/α-hetero) is 1. The molecule has 0 aliphatic carbocycles. The molecular weight excluding hydrogens is 397 g/mol. The molecule has 1 amide bonds. The minimum absolute atomic E-state index is 0.0487. The number of hydrogen-bond donors (Lipinski definition) is 1. The summed E-state index contributed by atoms with van der Waals surface area (Å²) in [5.74, 6) is -0.319. The number of ether oxygens (including phenoxy) is 1. The highest BCUT2D eigenvalue weighted by Crippen LogP contribution is 2.22. The van der Waals surface area contributed by atoms with Gasteiger partial charge in [-0.15, -0.1) is 0 Å². The Balaban J connectivity index is 1.18. The zero-order valence-electron chi connectivity index (χ0n) is 17.1. The minimum Gasteiger partial charge on any atom is -0.448 e. The van der Waals surface area contributed by atoms with Gasteiger partial charge in [0.1, 0.15) is 12.4 Å². The molecule has 1 saturated heterocycles. The number of pyridine rings is 1. The van der Waals surface area contributed by atoms with E-state index in [0.29, 0.717) is 17.8 Å². The van der Waals surface area contributed by atoms with Crippen LogP contribution in [0.1, 0.15) is 23.2 Å². The molecule has 2 heterocycles. The molecule has 1 aromatic heterocycles. The average Bonchev–Trinajstić information content (AvgIpc) is 2.79. The van der Waals surface area contributed by atoms with Crippen molar-refractivity contribution in [1.82, 2.24) is 9.88 Å². The number of piperidine rings is 1. The molecule has 0 saturated carbocycles. The second-order valence-corrected chi connectivity index (χ2v) is 7.66. The molecule has 160 valence electrons. The maximum atomic E-state index is 13.0. The van der Waals surface area contributed by atoms with E-state index in [0.717, 1.165) is 36.8 Å². The van der Waals surface area contributed by atoms with Crippen LogP contribution in [0, 0.1) is 11.7 Å². The summed E-state index contributed by atoms with van der Waals surface area (Å²) in [6, 6.07) is 15.1. The lowest BCUT2D eigenvalue weighted by molar-refractivity contribution is 0.0813. The number of hydrogen-bond acceptors (Lipinski definition) is 5. The number of ketones is 1. The molecule has 0 bridgehead atoms. The van der Waals surface area contributed by atoms with Crippen molar-refractivity contribution in [2.75, 3.05) is 31.6 Å². The number of halogens is 1. The van der Waals surface area contributed by atoms with Gasteiger partial charge in [-0.3, -0.25) is 20.0 Å². The van der Waals surface area contributed by atoms with Crippen LogP contribution >= 0.6 is 0 Å². The molecule has 1 aliphatic heterocycles. The zero-order valence-corrected chi connectivity index (χ0v) is 17.1. The third kappa shape index (κ3) is 5.44. The molecule has 6 nitrogen and oxygen atoms in total. The molecule has 7 heteroatoms. The highest BCUT2D eigenvalue weighted by Gasteiger charge is 2.25. The molecule has 4 rings (SSSR count). The quantitative estimate of drug-likeness (QED) is 0.593. The summed E-state index contributed by atoms with van der Waals surface area (Å²) in [5.41, 5.74) is 2.00. The predicted octanol–water partition coefficient (Wildman–Crippen LogP) is 4.52. The van der Waals surface area contributed by atoms with Gasteiger partial charge >= 0.3 is 6.09 Å². The van der Waals surface area contributed by atoms with Gasteiger partial charge in [0.2, 0.25) is 0 Å². The summed E-state index contributed by atoms with van der Waals surface area (Å²) in [4.78, 5) is 31.1. The second kappa shape index (κ2) is 9.66. The third-order valence-corrected chi connectivity index (χ3v) is 5.58. The zero-order chi connectivity index (χ0) is 21.6. The van der Waals surface area contributed by atoms with Gasteiger partial charge in [0.25, 0.3) is 0 Å². The third-order valence-electron chi connectivity index (χ3n) is 5.58. The Morgan fingerprint density at radius 3 is 2.65 bits per heavy atom. The number of likely N-dealkylation sites (tertiary alicyclic amines) is 1. The summed E-state index contributed by atoms with van der Waals surface area (Å²) >= 11 is 0. The van der Waals surface area contributed by atoms with Gasteiger partial charge in [-0.1, -0.05) is 12.1 Å². The van der Waals surface area contributed by atoms with Crippen LogP contribution in [-0.2, 0) is 4.74 Å². The van der Waals surface area contributed by atoms with Crippen molar-refractivity contribution in [3.05, 3.63) is 72.2 Å². The molecule has 0 radical (unpaired) electrons. The second-order valence-electron chi connectivity index (χ2n) is 7.66. The molecule has 1 N–H and O–H groups in total. The minimum atomic E-state index is -0.503. The number of anilines is 1. The van der Waals surface area contributed by atoms with E-state index < -0.39 is 6.09 Å². The van der Waals surface area contributed by atoms with Gasteiger partial charge in [-0.2, -0.15) is 0 Å². The standard InChI is InChI=1S/C24H24FN3O3/c25-20-6-3-18(4-7-20)23(29)19-9-12-28(13-10-19)14-15-31-24(30)27-21-8-5-17-2-1-11-26-22(17)16-21/h1-8,11,16,19H,9-10,12-15H2,(H,27,30). The molecule has 3 aromatic rings. The Hall–Kier alpha value is -3.32. The molecular formula is C24H24FN3O3. The predicted molar refractivity (Wildman–Crippen MR) is 117 cm³/mol. The Labute approximate surface area is 180 Å². The smallest absolute Gasteiger partial charge is 0.411 e. The van der Waals surface area contributed by atoms with Gasteiger partial charge in [-0.05, 0) is 68.4 Å². The van der Waals surface area contributed by atoms with Crippen molar-refractivity contribution in [3.63, 3.8) is 0 Å². The fourth-order valence-electron chi connectivity index (χ4n) is 3.83. The fourth-order valence-corrected chi connectivity index (χ4v) is 3.83. The molecule has 31 heavy (non-hydrogen) atoms. The highest BCUT2D eigenvalue weighted by molar-refractivity contribution is 5.97. The van der Waals surface area contributed by atoms with E-state index >= 15 is 0 Å². The number of amides is 1. The van der Waals surface area contributed by atoms with Crippen molar-refractivity contribution >= 4 is 28.5 Å². The first-order valence-corrected chi connectivity index (χ1v) is 10.4. The van der Waals surface area contributed by atoms with Crippen LogP contribution in [0.25, 0.3) is 10.9 Å². The lowest BCUT2D eigenvalue weighted by atomic mass is 9.89. The van der Waals surface area contributed by atoms with Crippen molar-refractivity contribution in [2.24, 2.45) is 5.92 Å². The number of fused-ring (bicyclic) bond motifs is 1. The van der Waals surface area contributed by atoms with E-state index in [-0.39, 0.29) is 24.1 Å². The number of nitrogens with zero attached hydrogens (tertiary/aromatic N) is 2. The summed E-state index contributed by atoms with van der Waals surface area (Å²) in [5, 5.41) is 3.73. The van der Waals surface area contributed by atoms with E-state index in [1.807, 2.05) is 24.3 Å². The van der Waals surface area contributed by atoms with Gasteiger partial charge in [0.05, 0.1) is 5.52 Å². The lowest BCUT2D eigenvalue weighted by Crippen LogP contribution is -2.38. The van der Waals surface area contributed by atoms with Crippen LogP contribution in [0.15, 0.2) is 60.8 Å². The Morgan fingerprint density at radius 1 is 1.10 bits per heavy atom. The van der Waals surface area contributed by atoms with Gasteiger partial charge in [0, 0.05) is 35.3 Å². The fraction of sp³-hybridized carbons (Fsp3) is 0.292. The van der Waals surface area contributed by atoms with Crippen LogP contribution in [-0.4, -0.2) is 48.0 Å². The van der Waals surface area contributed by atoms with Crippen LogP contribution in [0.2, 0.25) is 0 Å². The maximum Gasteiger partial charge on any atom is 0.411 e. The SMILES string of the molecule is O=C(Nc1ccc2cccnc2c1)OCCN1CCC(C(=O)c2ccc(F)cc2)CC1. The lowest BCUT2D eigenvalue weighted by Gasteiger charge is -2.31. The average molecular weight is 421 g/mol. The van der Waals surface area contributed by atoms with E-state index in [9.17, 15) is 14.0 Å². The molecule has 0 unspecified atom stereocenters. The van der Waals surface area contributed by atoms with Crippen LogP contribution in [0.3, 0.4) is 0 Å². The van der Waals surface area contributed by atoms with Crippen molar-refractivity contribution in [1.29, 1.82) is 0 Å². The van der Waals surface area contributed by atoms with Gasteiger partial charge in [0.15, 0.2) is 5.78 Å². The number of carbonyl (C=O) groups excluding carboxylic acids is 2. The van der Waals surface area contributed by atoms with Crippen molar-refractivity contribution in [3.8, 4) is 0 Å². The summed E-state index contributed by atoms with van der Waals surface area (Å²) in [7, 11) is 0. The normalized spacial score (nSPS) is 15.0. The Kier molecular flexibility index (Phi) is 6.52. The van der Waals surface area contributed by atoms with Crippen LogP contribution < -0.4 is 5.32 Å². The van der Waals surface area contributed by atoms with Crippen molar-refractivity contribution in [2.45, 2.75) is 12.8 Å². The number of nitrogens with one attached hydrogen (secondary N) is 1. The first-order valence-electron chi connectivity index (χ1n) is 10.4. The monoisotopic (exact) mass is 421 g/mol. The molecule has 0 spiro atoms. The van der Waals surface area contributed by atoms with E-state index in [1.165, 1.54) is 12.1 Å². The van der Waals surface area contributed by atoms with Crippen LogP contribution in [0.4, 0.5) is 14.9 Å². The molecule has 1 fully saturated rings. The summed E-state index contributed by atoms with van der Waals surface area (Å²) in [6.07, 6.45) is 2.69. The number of aromatic nitrogens is 1. The van der Waals surface area contributed by atoms with Crippen LogP contribution in [0.5, 0.6) is 0 Å². The molecule has 2 aromatic carbocycles. The number of rotatable bonds is 6. The van der Waals surface area contributed by atoms with E-state index in [2.05, 4.69) is 15.2 Å². The van der Waals surface area contributed by atoms with E-state index in [4.69, 9.17) is 4.74 Å². The first-order chi connectivity index (χ1) is 15.1. The summed E-state index contributed by atoms with van der Waals surface area (Å²) in [6.45, 7) is 2.41. The maximum absolute atomic E-state index is 13.0. The van der Waals surface area contributed by atoms with Crippen molar-refractivity contribution < 1.29 is 18.7 Å². The highest BCUT2D eigenvalue weighted by atomic mass is 19.1. The van der Waals surface area contributed by atoms with Gasteiger partial charge in [-0.25, -0.2) is 9.18 Å². The molecule has 1 aliphatic rings. The van der Waals surface area contributed by atoms with Gasteiger partial charge < -0.3 is 4.74 Å². The number of carbonyl (C=O) groups is 2. The Bertz CT molecular complexity index is 1060. The largest absolute Gasteiger partial charge is 0.448 e.